The lowest BCUT2D eigenvalue weighted by Gasteiger charge is -2.02. The first-order valence-electron chi connectivity index (χ1n) is 6.11. The van der Waals surface area contributed by atoms with E-state index in [-0.39, 0.29) is 5.78 Å². The van der Waals surface area contributed by atoms with Crippen molar-refractivity contribution in [1.82, 2.24) is 0 Å². The Kier molecular flexibility index (Phi) is 4.15. The Morgan fingerprint density at radius 2 is 1.85 bits per heavy atom. The van der Waals surface area contributed by atoms with E-state index in [9.17, 15) is 4.79 Å². The SMILES string of the molecule is O=C(Cc1cc(Br)cs1)c1ccc(-c2ccsc2)cc1. The number of carbonyl (C=O) groups is 1. The molecule has 0 N–H and O–H groups in total. The molecule has 3 rings (SSSR count). The van der Waals surface area contributed by atoms with E-state index < -0.39 is 0 Å². The molecule has 0 saturated carbocycles. The minimum Gasteiger partial charge on any atom is -0.294 e. The third-order valence-corrected chi connectivity index (χ3v) is 5.40. The minimum atomic E-state index is 0.163. The summed E-state index contributed by atoms with van der Waals surface area (Å²) in [6.07, 6.45) is 0.466. The number of halogens is 1. The van der Waals surface area contributed by atoms with Gasteiger partial charge in [0.25, 0.3) is 0 Å². The van der Waals surface area contributed by atoms with E-state index in [1.165, 1.54) is 5.56 Å². The summed E-state index contributed by atoms with van der Waals surface area (Å²) in [6.45, 7) is 0. The van der Waals surface area contributed by atoms with Crippen molar-refractivity contribution in [1.29, 1.82) is 0 Å². The topological polar surface area (TPSA) is 17.1 Å². The maximum Gasteiger partial charge on any atom is 0.168 e. The Hall–Kier alpha value is -1.23. The highest BCUT2D eigenvalue weighted by molar-refractivity contribution is 9.10. The molecular formula is C16H11BrOS2. The largest absolute Gasteiger partial charge is 0.294 e. The van der Waals surface area contributed by atoms with E-state index in [1.54, 1.807) is 22.7 Å². The summed E-state index contributed by atoms with van der Waals surface area (Å²) < 4.78 is 1.04. The smallest absolute Gasteiger partial charge is 0.168 e. The highest BCUT2D eigenvalue weighted by Crippen LogP contribution is 2.24. The fraction of sp³-hybridized carbons (Fsp3) is 0.0625. The monoisotopic (exact) mass is 362 g/mol. The van der Waals surface area contributed by atoms with Crippen LogP contribution in [0.2, 0.25) is 0 Å². The summed E-state index contributed by atoms with van der Waals surface area (Å²) in [5, 5.41) is 6.17. The normalized spacial score (nSPS) is 10.7. The van der Waals surface area contributed by atoms with E-state index in [2.05, 4.69) is 32.8 Å². The molecule has 1 aromatic carbocycles. The van der Waals surface area contributed by atoms with E-state index in [4.69, 9.17) is 0 Å². The van der Waals surface area contributed by atoms with Gasteiger partial charge in [-0.2, -0.15) is 11.3 Å². The first-order valence-corrected chi connectivity index (χ1v) is 8.72. The molecule has 0 saturated heterocycles. The standard InChI is InChI=1S/C16H11BrOS2/c17-14-7-15(20-10-14)8-16(18)12-3-1-11(2-4-12)13-5-6-19-9-13/h1-7,9-10H,8H2. The van der Waals surface area contributed by atoms with Crippen LogP contribution in [0.5, 0.6) is 0 Å². The van der Waals surface area contributed by atoms with Gasteiger partial charge in [-0.1, -0.05) is 24.3 Å². The summed E-state index contributed by atoms with van der Waals surface area (Å²) in [7, 11) is 0. The lowest BCUT2D eigenvalue weighted by atomic mass is 10.0. The Morgan fingerprint density at radius 3 is 2.45 bits per heavy atom. The highest BCUT2D eigenvalue weighted by Gasteiger charge is 2.09. The van der Waals surface area contributed by atoms with Gasteiger partial charge in [-0.3, -0.25) is 4.79 Å². The van der Waals surface area contributed by atoms with Gasteiger partial charge in [-0.25, -0.2) is 0 Å². The molecule has 0 radical (unpaired) electrons. The van der Waals surface area contributed by atoms with Crippen LogP contribution in [0.25, 0.3) is 11.1 Å². The molecule has 0 amide bonds. The van der Waals surface area contributed by atoms with Gasteiger partial charge in [-0.15, -0.1) is 11.3 Å². The van der Waals surface area contributed by atoms with E-state index in [1.807, 2.05) is 35.7 Å². The number of hydrogen-bond acceptors (Lipinski definition) is 3. The van der Waals surface area contributed by atoms with E-state index >= 15 is 0 Å². The van der Waals surface area contributed by atoms with Gasteiger partial charge in [0.2, 0.25) is 0 Å². The third kappa shape index (κ3) is 3.08. The molecule has 0 aliphatic carbocycles. The van der Waals surface area contributed by atoms with Gasteiger partial charge >= 0.3 is 0 Å². The van der Waals surface area contributed by atoms with Crippen molar-refractivity contribution in [3.63, 3.8) is 0 Å². The second kappa shape index (κ2) is 6.04. The van der Waals surface area contributed by atoms with Crippen molar-refractivity contribution in [3.8, 4) is 11.1 Å². The lowest BCUT2D eigenvalue weighted by Crippen LogP contribution is -2.01. The second-order valence-electron chi connectivity index (χ2n) is 4.42. The second-order valence-corrected chi connectivity index (χ2v) is 7.11. The van der Waals surface area contributed by atoms with Gasteiger partial charge < -0.3 is 0 Å². The van der Waals surface area contributed by atoms with Crippen LogP contribution in [0, 0.1) is 0 Å². The van der Waals surface area contributed by atoms with Crippen LogP contribution in [0.3, 0.4) is 0 Å². The van der Waals surface area contributed by atoms with Crippen LogP contribution in [0.15, 0.2) is 57.0 Å². The molecule has 0 atom stereocenters. The van der Waals surface area contributed by atoms with Crippen LogP contribution in [0.4, 0.5) is 0 Å². The number of rotatable bonds is 4. The van der Waals surface area contributed by atoms with Crippen LogP contribution >= 0.6 is 38.6 Å². The van der Waals surface area contributed by atoms with Crippen LogP contribution in [0.1, 0.15) is 15.2 Å². The average molecular weight is 363 g/mol. The fourth-order valence-electron chi connectivity index (χ4n) is 1.98. The number of Topliss-reactive ketones (excluding diaryl/α,β-unsaturated/α-hetero) is 1. The fourth-order valence-corrected chi connectivity index (χ4v) is 4.10. The number of thiophene rings is 2. The molecule has 2 aromatic heterocycles. The zero-order valence-electron chi connectivity index (χ0n) is 10.5. The minimum absolute atomic E-state index is 0.163. The van der Waals surface area contributed by atoms with Crippen LogP contribution in [-0.4, -0.2) is 5.78 Å². The first kappa shape index (κ1) is 13.7. The highest BCUT2D eigenvalue weighted by atomic mass is 79.9. The Balaban J connectivity index is 1.75. The molecule has 0 bridgehead atoms. The number of hydrogen-bond donors (Lipinski definition) is 0. The summed E-state index contributed by atoms with van der Waals surface area (Å²) in [4.78, 5) is 13.3. The third-order valence-electron chi connectivity index (χ3n) is 3.02. The van der Waals surface area contributed by atoms with Gasteiger partial charge in [0, 0.05) is 26.7 Å². The molecule has 0 aliphatic heterocycles. The number of carbonyl (C=O) groups excluding carboxylic acids is 1. The maximum absolute atomic E-state index is 12.2. The summed E-state index contributed by atoms with van der Waals surface area (Å²) in [6, 6.07) is 11.9. The maximum atomic E-state index is 12.2. The van der Waals surface area contributed by atoms with E-state index in [0.717, 1.165) is 20.5 Å². The molecule has 1 nitrogen and oxygen atoms in total. The lowest BCUT2D eigenvalue weighted by molar-refractivity contribution is 0.0994. The molecule has 20 heavy (non-hydrogen) atoms. The average Bonchev–Trinajstić information content (AvgIpc) is 3.11. The van der Waals surface area contributed by atoms with Crippen molar-refractivity contribution in [2.75, 3.05) is 0 Å². The molecule has 2 heterocycles. The first-order chi connectivity index (χ1) is 9.72. The quantitative estimate of drug-likeness (QED) is 0.546. The Labute approximate surface area is 134 Å². The number of benzene rings is 1. The van der Waals surface area contributed by atoms with Crippen LogP contribution in [-0.2, 0) is 6.42 Å². The zero-order valence-corrected chi connectivity index (χ0v) is 13.7. The molecule has 4 heteroatoms. The van der Waals surface area contributed by atoms with Crippen molar-refractivity contribution >= 4 is 44.4 Å². The molecule has 100 valence electrons. The zero-order chi connectivity index (χ0) is 13.9. The molecule has 0 spiro atoms. The Bertz CT molecular complexity index is 711. The van der Waals surface area contributed by atoms with Gasteiger partial charge in [0.15, 0.2) is 5.78 Å². The van der Waals surface area contributed by atoms with Gasteiger partial charge in [0.05, 0.1) is 0 Å². The van der Waals surface area contributed by atoms with Gasteiger partial charge in [0.1, 0.15) is 0 Å². The van der Waals surface area contributed by atoms with Crippen molar-refractivity contribution in [3.05, 3.63) is 67.5 Å². The summed E-state index contributed by atoms with van der Waals surface area (Å²) >= 11 is 6.70. The van der Waals surface area contributed by atoms with Crippen molar-refractivity contribution in [2.45, 2.75) is 6.42 Å². The van der Waals surface area contributed by atoms with Gasteiger partial charge in [-0.05, 0) is 49.9 Å². The van der Waals surface area contributed by atoms with Crippen molar-refractivity contribution in [2.24, 2.45) is 0 Å². The molecule has 0 fully saturated rings. The van der Waals surface area contributed by atoms with Crippen molar-refractivity contribution < 1.29 is 4.79 Å². The predicted molar refractivity (Wildman–Crippen MR) is 89.8 cm³/mol. The Morgan fingerprint density at radius 1 is 1.05 bits per heavy atom. The molecule has 3 aromatic rings. The van der Waals surface area contributed by atoms with E-state index in [0.29, 0.717) is 6.42 Å². The molecule has 0 aliphatic rings. The summed E-state index contributed by atoms with van der Waals surface area (Å²) in [5.41, 5.74) is 3.13. The summed E-state index contributed by atoms with van der Waals surface area (Å²) in [5.74, 6) is 0.163. The number of ketones is 1. The van der Waals surface area contributed by atoms with Crippen LogP contribution < -0.4 is 0 Å². The predicted octanol–water partition coefficient (Wildman–Crippen LogP) is 5.66. The molecular weight excluding hydrogens is 352 g/mol. The molecule has 0 unspecified atom stereocenters.